The SMILES string of the molecule is O=C1C2CC(NS(=O)(=O)c3ccc(F)cc3F)CCN2C(=O)N1c1ccc(Cl)cc1. The first kappa shape index (κ1) is 20.7. The smallest absolute Gasteiger partial charge is 0.312 e. The van der Waals surface area contributed by atoms with Gasteiger partial charge in [0.05, 0.1) is 5.69 Å². The Bertz CT molecular complexity index is 1130. The number of fused-ring (bicyclic) bond motifs is 1. The molecule has 11 heteroatoms. The number of rotatable bonds is 4. The number of nitrogens with zero attached hydrogens (tertiary/aromatic N) is 2. The largest absolute Gasteiger partial charge is 0.332 e. The lowest BCUT2D eigenvalue weighted by atomic mass is 9.99. The molecule has 2 unspecified atom stereocenters. The van der Waals surface area contributed by atoms with Gasteiger partial charge in [0.25, 0.3) is 5.91 Å². The van der Waals surface area contributed by atoms with Crippen molar-refractivity contribution >= 4 is 39.2 Å². The van der Waals surface area contributed by atoms with E-state index in [1.807, 2.05) is 0 Å². The van der Waals surface area contributed by atoms with Crippen LogP contribution in [0.2, 0.25) is 5.02 Å². The second-order valence-corrected chi connectivity index (χ2v) is 9.18. The van der Waals surface area contributed by atoms with Crippen molar-refractivity contribution < 1.29 is 26.8 Å². The maximum absolute atomic E-state index is 13.9. The molecule has 2 aromatic carbocycles. The monoisotopic (exact) mass is 455 g/mol. The van der Waals surface area contributed by atoms with E-state index >= 15 is 0 Å². The van der Waals surface area contributed by atoms with Gasteiger partial charge in [-0.25, -0.2) is 31.6 Å². The highest BCUT2D eigenvalue weighted by Crippen LogP contribution is 2.32. The van der Waals surface area contributed by atoms with E-state index in [1.54, 1.807) is 24.3 Å². The number of hydrogen-bond acceptors (Lipinski definition) is 4. The zero-order chi connectivity index (χ0) is 21.6. The Balaban J connectivity index is 1.52. The number of hydrogen-bond donors (Lipinski definition) is 1. The van der Waals surface area contributed by atoms with Gasteiger partial charge in [-0.05, 0) is 49.2 Å². The van der Waals surface area contributed by atoms with Crippen LogP contribution in [0.5, 0.6) is 0 Å². The van der Waals surface area contributed by atoms with Crippen LogP contribution in [-0.2, 0) is 14.8 Å². The first-order chi connectivity index (χ1) is 14.2. The number of urea groups is 1. The quantitative estimate of drug-likeness (QED) is 0.718. The highest BCUT2D eigenvalue weighted by atomic mass is 35.5. The van der Waals surface area contributed by atoms with Crippen LogP contribution in [0.15, 0.2) is 47.4 Å². The summed E-state index contributed by atoms with van der Waals surface area (Å²) in [7, 11) is -4.27. The number of amides is 3. The number of carbonyl (C=O) groups excluding carboxylic acids is 2. The molecule has 158 valence electrons. The zero-order valence-corrected chi connectivity index (χ0v) is 17.0. The number of sulfonamides is 1. The summed E-state index contributed by atoms with van der Waals surface area (Å²) in [6, 6.07) is 6.38. The van der Waals surface area contributed by atoms with Gasteiger partial charge in [0.15, 0.2) is 0 Å². The molecule has 0 spiro atoms. The van der Waals surface area contributed by atoms with Crippen molar-refractivity contribution in [3.05, 3.63) is 59.1 Å². The van der Waals surface area contributed by atoms with Crippen LogP contribution in [0.4, 0.5) is 19.3 Å². The minimum atomic E-state index is -4.27. The predicted molar refractivity (Wildman–Crippen MR) is 105 cm³/mol. The highest BCUT2D eigenvalue weighted by Gasteiger charge is 2.49. The van der Waals surface area contributed by atoms with E-state index in [9.17, 15) is 26.8 Å². The van der Waals surface area contributed by atoms with Crippen LogP contribution in [0.1, 0.15) is 12.8 Å². The Morgan fingerprint density at radius 3 is 2.43 bits per heavy atom. The number of anilines is 1. The molecule has 3 amide bonds. The molecule has 7 nitrogen and oxygen atoms in total. The summed E-state index contributed by atoms with van der Waals surface area (Å²) in [4.78, 5) is 27.3. The summed E-state index contributed by atoms with van der Waals surface area (Å²) in [6.07, 6.45) is 0.280. The van der Waals surface area contributed by atoms with Gasteiger partial charge in [0, 0.05) is 23.7 Å². The number of imide groups is 1. The van der Waals surface area contributed by atoms with Crippen molar-refractivity contribution in [1.29, 1.82) is 0 Å². The minimum Gasteiger partial charge on any atom is -0.312 e. The first-order valence-electron chi connectivity index (χ1n) is 9.05. The number of benzene rings is 2. The fourth-order valence-electron chi connectivity index (χ4n) is 3.71. The van der Waals surface area contributed by atoms with Crippen LogP contribution in [0.3, 0.4) is 0 Å². The molecule has 2 aliphatic rings. The summed E-state index contributed by atoms with van der Waals surface area (Å²) in [5, 5.41) is 0.457. The average molecular weight is 456 g/mol. The Morgan fingerprint density at radius 2 is 1.77 bits per heavy atom. The van der Waals surface area contributed by atoms with E-state index in [-0.39, 0.29) is 19.4 Å². The molecule has 0 radical (unpaired) electrons. The van der Waals surface area contributed by atoms with Crippen LogP contribution >= 0.6 is 11.6 Å². The Morgan fingerprint density at radius 1 is 1.07 bits per heavy atom. The molecule has 2 saturated heterocycles. The third-order valence-corrected chi connectivity index (χ3v) is 6.94. The lowest BCUT2D eigenvalue weighted by Gasteiger charge is -2.32. The number of carbonyl (C=O) groups is 2. The van der Waals surface area contributed by atoms with E-state index in [1.165, 1.54) is 4.90 Å². The van der Waals surface area contributed by atoms with E-state index in [2.05, 4.69) is 4.72 Å². The second kappa shape index (κ2) is 7.60. The van der Waals surface area contributed by atoms with Crippen LogP contribution in [0, 0.1) is 11.6 Å². The molecule has 2 aromatic rings. The molecule has 2 aliphatic heterocycles. The van der Waals surface area contributed by atoms with Crippen molar-refractivity contribution in [2.24, 2.45) is 0 Å². The zero-order valence-electron chi connectivity index (χ0n) is 15.4. The van der Waals surface area contributed by atoms with Crippen molar-refractivity contribution in [2.75, 3.05) is 11.4 Å². The molecule has 2 atom stereocenters. The molecule has 1 N–H and O–H groups in total. The summed E-state index contributed by atoms with van der Waals surface area (Å²) in [5.41, 5.74) is 0.370. The van der Waals surface area contributed by atoms with Gasteiger partial charge in [0.2, 0.25) is 10.0 Å². The Kier molecular flexibility index (Phi) is 5.25. The molecule has 0 aliphatic carbocycles. The topological polar surface area (TPSA) is 86.8 Å². The lowest BCUT2D eigenvalue weighted by molar-refractivity contribution is -0.120. The van der Waals surface area contributed by atoms with Gasteiger partial charge >= 0.3 is 6.03 Å². The molecular formula is C19H16ClF2N3O4S. The summed E-state index contributed by atoms with van der Waals surface area (Å²) in [5.74, 6) is -2.57. The Hall–Kier alpha value is -2.56. The van der Waals surface area contributed by atoms with Crippen molar-refractivity contribution in [2.45, 2.75) is 29.8 Å². The fraction of sp³-hybridized carbons (Fsp3) is 0.263. The molecule has 4 rings (SSSR count). The van der Waals surface area contributed by atoms with Gasteiger partial charge in [-0.2, -0.15) is 0 Å². The fourth-order valence-corrected chi connectivity index (χ4v) is 5.18. The summed E-state index contributed by atoms with van der Waals surface area (Å²) in [6.45, 7) is 0.151. The lowest BCUT2D eigenvalue weighted by Crippen LogP contribution is -2.49. The molecule has 2 heterocycles. The first-order valence-corrected chi connectivity index (χ1v) is 10.9. The van der Waals surface area contributed by atoms with Crippen molar-refractivity contribution in [3.8, 4) is 0 Å². The average Bonchev–Trinajstić information content (AvgIpc) is 2.92. The van der Waals surface area contributed by atoms with E-state index in [0.717, 1.165) is 17.0 Å². The van der Waals surface area contributed by atoms with E-state index in [0.29, 0.717) is 16.8 Å². The highest BCUT2D eigenvalue weighted by molar-refractivity contribution is 7.89. The summed E-state index contributed by atoms with van der Waals surface area (Å²) >= 11 is 5.85. The van der Waals surface area contributed by atoms with Gasteiger partial charge in [-0.1, -0.05) is 11.6 Å². The van der Waals surface area contributed by atoms with Gasteiger partial charge in [0.1, 0.15) is 22.6 Å². The van der Waals surface area contributed by atoms with Crippen LogP contribution in [-0.4, -0.2) is 43.9 Å². The number of nitrogens with one attached hydrogen (secondary N) is 1. The van der Waals surface area contributed by atoms with Crippen LogP contribution in [0.25, 0.3) is 0 Å². The maximum Gasteiger partial charge on any atom is 0.332 e. The normalized spacial score (nSPS) is 21.8. The number of piperidine rings is 1. The second-order valence-electron chi connectivity index (χ2n) is 7.06. The van der Waals surface area contributed by atoms with Crippen molar-refractivity contribution in [1.82, 2.24) is 9.62 Å². The third-order valence-electron chi connectivity index (χ3n) is 5.13. The van der Waals surface area contributed by atoms with Crippen LogP contribution < -0.4 is 9.62 Å². The maximum atomic E-state index is 13.9. The molecule has 2 fully saturated rings. The van der Waals surface area contributed by atoms with Gasteiger partial charge < -0.3 is 4.90 Å². The molecule has 0 bridgehead atoms. The Labute approximate surface area is 176 Å². The minimum absolute atomic E-state index is 0.0384. The molecular weight excluding hydrogens is 440 g/mol. The predicted octanol–water partition coefficient (Wildman–Crippen LogP) is 2.90. The molecule has 0 aromatic heterocycles. The van der Waals surface area contributed by atoms with Gasteiger partial charge in [-0.3, -0.25) is 4.79 Å². The van der Waals surface area contributed by atoms with E-state index in [4.69, 9.17) is 11.6 Å². The third kappa shape index (κ3) is 3.66. The summed E-state index contributed by atoms with van der Waals surface area (Å²) < 4.78 is 54.4. The number of halogens is 3. The van der Waals surface area contributed by atoms with Crippen molar-refractivity contribution in [3.63, 3.8) is 0 Å². The molecule has 0 saturated carbocycles. The van der Waals surface area contributed by atoms with E-state index < -0.39 is 50.6 Å². The standard InChI is InChI=1S/C19H16ClF2N3O4S/c20-11-1-4-14(5-2-11)25-18(26)16-10-13(7-8-24(16)19(25)27)23-30(28,29)17-6-3-12(21)9-15(17)22/h1-6,9,13,16,23H,7-8,10H2. The van der Waals surface area contributed by atoms with Gasteiger partial charge in [-0.15, -0.1) is 0 Å². The molecule has 30 heavy (non-hydrogen) atoms.